The van der Waals surface area contributed by atoms with E-state index < -0.39 is 17.9 Å². The lowest BCUT2D eigenvalue weighted by Crippen LogP contribution is -2.39. The molecule has 0 saturated heterocycles. The Bertz CT molecular complexity index is 957. The number of aryl methyl sites for hydroxylation is 2. The monoisotopic (exact) mass is 428 g/mol. The number of hydrogen-bond acceptors (Lipinski definition) is 6. The summed E-state index contributed by atoms with van der Waals surface area (Å²) in [5.41, 5.74) is 3.18. The number of methoxy groups -OCH3 is 3. The van der Waals surface area contributed by atoms with Crippen molar-refractivity contribution in [2.75, 3.05) is 27.9 Å². The number of carbonyl (C=O) groups is 3. The van der Waals surface area contributed by atoms with Crippen LogP contribution in [0.5, 0.6) is 11.5 Å². The molecule has 0 bridgehead atoms. The van der Waals surface area contributed by atoms with Gasteiger partial charge in [0.1, 0.15) is 0 Å². The molecule has 8 heteroatoms. The van der Waals surface area contributed by atoms with Gasteiger partial charge in [-0.1, -0.05) is 12.1 Å². The maximum Gasteiger partial charge on any atom is 0.307 e. The van der Waals surface area contributed by atoms with Crippen LogP contribution in [-0.2, 0) is 14.3 Å². The third kappa shape index (κ3) is 6.47. The molecule has 2 amide bonds. The zero-order valence-corrected chi connectivity index (χ0v) is 18.4. The highest BCUT2D eigenvalue weighted by Gasteiger charge is 2.21. The maximum absolute atomic E-state index is 12.5. The Kier molecular flexibility index (Phi) is 8.43. The quantitative estimate of drug-likeness (QED) is 0.595. The van der Waals surface area contributed by atoms with Crippen molar-refractivity contribution >= 4 is 17.8 Å². The van der Waals surface area contributed by atoms with Gasteiger partial charge in [0.15, 0.2) is 11.5 Å². The molecule has 0 aliphatic rings. The lowest BCUT2D eigenvalue weighted by atomic mass is 10.0. The van der Waals surface area contributed by atoms with Crippen molar-refractivity contribution in [3.05, 3.63) is 58.7 Å². The molecule has 2 aromatic rings. The fourth-order valence-corrected chi connectivity index (χ4v) is 2.96. The van der Waals surface area contributed by atoms with Crippen molar-refractivity contribution in [1.29, 1.82) is 0 Å². The first kappa shape index (κ1) is 23.7. The number of rotatable bonds is 9. The molecule has 2 N–H and O–H groups in total. The second kappa shape index (κ2) is 11.0. The number of nitrogens with one attached hydrogen (secondary N) is 2. The van der Waals surface area contributed by atoms with Crippen molar-refractivity contribution in [1.82, 2.24) is 10.6 Å². The molecular weight excluding hydrogens is 400 g/mol. The van der Waals surface area contributed by atoms with Crippen LogP contribution < -0.4 is 20.1 Å². The van der Waals surface area contributed by atoms with Crippen molar-refractivity contribution in [2.45, 2.75) is 26.3 Å². The fourth-order valence-electron chi connectivity index (χ4n) is 2.96. The van der Waals surface area contributed by atoms with Crippen molar-refractivity contribution in [3.63, 3.8) is 0 Å². The summed E-state index contributed by atoms with van der Waals surface area (Å²) in [6.07, 6.45) is -0.0805. The van der Waals surface area contributed by atoms with E-state index in [1.54, 1.807) is 30.3 Å². The zero-order valence-electron chi connectivity index (χ0n) is 18.4. The van der Waals surface area contributed by atoms with Gasteiger partial charge in [-0.15, -0.1) is 0 Å². The average Bonchev–Trinajstić information content (AvgIpc) is 2.78. The zero-order chi connectivity index (χ0) is 23.0. The summed E-state index contributed by atoms with van der Waals surface area (Å²) in [4.78, 5) is 36.7. The van der Waals surface area contributed by atoms with Gasteiger partial charge in [-0.25, -0.2) is 0 Å². The topological polar surface area (TPSA) is 103 Å². The smallest absolute Gasteiger partial charge is 0.307 e. The van der Waals surface area contributed by atoms with Gasteiger partial charge in [0.25, 0.3) is 5.91 Å². The second-order valence-corrected chi connectivity index (χ2v) is 7.00. The van der Waals surface area contributed by atoms with Gasteiger partial charge >= 0.3 is 5.97 Å². The van der Waals surface area contributed by atoms with Crippen molar-refractivity contribution in [2.24, 2.45) is 0 Å². The number of hydrogen-bond donors (Lipinski definition) is 2. The Hall–Kier alpha value is -3.55. The highest BCUT2D eigenvalue weighted by atomic mass is 16.5. The number of amides is 2. The number of ether oxygens (including phenoxy) is 3. The van der Waals surface area contributed by atoms with Crippen molar-refractivity contribution < 1.29 is 28.6 Å². The van der Waals surface area contributed by atoms with Crippen LogP contribution in [-0.4, -0.2) is 45.7 Å². The van der Waals surface area contributed by atoms with Crippen LogP contribution in [0.2, 0.25) is 0 Å². The number of esters is 1. The van der Waals surface area contributed by atoms with Crippen molar-refractivity contribution in [3.8, 4) is 11.5 Å². The highest BCUT2D eigenvalue weighted by Crippen LogP contribution is 2.31. The van der Waals surface area contributed by atoms with Gasteiger partial charge in [-0.05, 0) is 54.8 Å². The van der Waals surface area contributed by atoms with E-state index in [9.17, 15) is 14.4 Å². The summed E-state index contributed by atoms with van der Waals surface area (Å²) >= 11 is 0. The Balaban J connectivity index is 2.09. The summed E-state index contributed by atoms with van der Waals surface area (Å²) in [6.45, 7) is 3.64. The molecule has 8 nitrogen and oxygen atoms in total. The molecule has 0 radical (unpaired) electrons. The van der Waals surface area contributed by atoms with Crippen LogP contribution in [0.4, 0.5) is 0 Å². The van der Waals surface area contributed by atoms with E-state index >= 15 is 0 Å². The first-order valence-corrected chi connectivity index (χ1v) is 9.72. The molecule has 0 heterocycles. The summed E-state index contributed by atoms with van der Waals surface area (Å²) in [5, 5.41) is 5.36. The van der Waals surface area contributed by atoms with Crippen LogP contribution in [0, 0.1) is 13.8 Å². The third-order valence-electron chi connectivity index (χ3n) is 4.92. The Morgan fingerprint density at radius 2 is 1.61 bits per heavy atom. The summed E-state index contributed by atoms with van der Waals surface area (Å²) in [7, 11) is 4.29. The van der Waals surface area contributed by atoms with Crippen LogP contribution in [0.1, 0.15) is 39.5 Å². The minimum atomic E-state index is -0.668. The molecule has 0 fully saturated rings. The van der Waals surface area contributed by atoms with E-state index in [0.717, 1.165) is 11.1 Å². The van der Waals surface area contributed by atoms with Crippen LogP contribution in [0.25, 0.3) is 0 Å². The van der Waals surface area contributed by atoms with Crippen LogP contribution >= 0.6 is 0 Å². The van der Waals surface area contributed by atoms with E-state index in [2.05, 4.69) is 10.6 Å². The standard InChI is InChI=1S/C23H28N2O6/c1-14-6-7-17(10-15(14)2)23(28)24-13-21(26)25-18(12-22(27)31-5)16-8-9-19(29-3)20(11-16)30-4/h6-11,18H,12-13H2,1-5H3,(H,24,28)(H,25,26)/t18-/m0/s1. The molecule has 2 aromatic carbocycles. The molecule has 0 aliphatic heterocycles. The van der Waals surface area contributed by atoms with E-state index in [0.29, 0.717) is 22.6 Å². The SMILES string of the molecule is COC(=O)C[C@H](NC(=O)CNC(=O)c1ccc(C)c(C)c1)c1ccc(OC)c(OC)c1. The molecule has 1 atom stereocenters. The first-order chi connectivity index (χ1) is 14.8. The largest absolute Gasteiger partial charge is 0.493 e. The van der Waals surface area contributed by atoms with Gasteiger partial charge in [-0.2, -0.15) is 0 Å². The summed E-state index contributed by atoms with van der Waals surface area (Å²) < 4.78 is 15.3. The van der Waals surface area contributed by atoms with E-state index in [1.165, 1.54) is 21.3 Å². The minimum absolute atomic E-state index is 0.0805. The Labute approximate surface area is 181 Å². The van der Waals surface area contributed by atoms with E-state index in [4.69, 9.17) is 14.2 Å². The van der Waals surface area contributed by atoms with E-state index in [-0.39, 0.29) is 18.9 Å². The average molecular weight is 428 g/mol. The number of carbonyl (C=O) groups excluding carboxylic acids is 3. The Morgan fingerprint density at radius 1 is 0.903 bits per heavy atom. The molecule has 166 valence electrons. The highest BCUT2D eigenvalue weighted by molar-refractivity contribution is 5.96. The second-order valence-electron chi connectivity index (χ2n) is 7.00. The lowest BCUT2D eigenvalue weighted by Gasteiger charge is -2.20. The van der Waals surface area contributed by atoms with Gasteiger partial charge in [0.2, 0.25) is 5.91 Å². The third-order valence-corrected chi connectivity index (χ3v) is 4.92. The van der Waals surface area contributed by atoms with Gasteiger partial charge < -0.3 is 24.8 Å². The number of benzene rings is 2. The molecule has 0 saturated carbocycles. The predicted molar refractivity (Wildman–Crippen MR) is 115 cm³/mol. The molecule has 2 rings (SSSR count). The first-order valence-electron chi connectivity index (χ1n) is 9.72. The van der Waals surface area contributed by atoms with Gasteiger partial charge in [0, 0.05) is 5.56 Å². The summed E-state index contributed by atoms with van der Waals surface area (Å²) in [5.74, 6) is -0.295. The lowest BCUT2D eigenvalue weighted by molar-refractivity contribution is -0.141. The normalized spacial score (nSPS) is 11.3. The molecule has 0 aromatic heterocycles. The predicted octanol–water partition coefficient (Wildman–Crippen LogP) is 2.47. The van der Waals surface area contributed by atoms with Crippen LogP contribution in [0.3, 0.4) is 0 Å². The fraction of sp³-hybridized carbons (Fsp3) is 0.348. The van der Waals surface area contributed by atoms with Crippen LogP contribution in [0.15, 0.2) is 36.4 Å². The maximum atomic E-state index is 12.5. The van der Waals surface area contributed by atoms with Gasteiger partial charge in [-0.3, -0.25) is 14.4 Å². The molecule has 0 unspecified atom stereocenters. The minimum Gasteiger partial charge on any atom is -0.493 e. The molecule has 31 heavy (non-hydrogen) atoms. The summed E-state index contributed by atoms with van der Waals surface area (Å²) in [6, 6.07) is 9.76. The Morgan fingerprint density at radius 3 is 2.23 bits per heavy atom. The molecule has 0 spiro atoms. The van der Waals surface area contributed by atoms with Gasteiger partial charge in [0.05, 0.1) is 40.3 Å². The molecular formula is C23H28N2O6. The molecule has 0 aliphatic carbocycles. The van der Waals surface area contributed by atoms with E-state index in [1.807, 2.05) is 19.9 Å².